The maximum Gasteiger partial charge on any atom is 0.214 e. The lowest BCUT2D eigenvalue weighted by Crippen LogP contribution is -2.04. The molecule has 0 saturated heterocycles. The van der Waals surface area contributed by atoms with Gasteiger partial charge in [-0.3, -0.25) is 9.48 Å². The summed E-state index contributed by atoms with van der Waals surface area (Å²) in [6.07, 6.45) is 5.02. The number of aromatic nitrogens is 3. The van der Waals surface area contributed by atoms with Crippen molar-refractivity contribution in [3.8, 4) is 0 Å². The zero-order valence-electron chi connectivity index (χ0n) is 10.0. The van der Waals surface area contributed by atoms with E-state index in [0.29, 0.717) is 9.61 Å². The minimum absolute atomic E-state index is 0.0952. The van der Waals surface area contributed by atoms with Crippen LogP contribution in [0.3, 0.4) is 0 Å². The van der Waals surface area contributed by atoms with Gasteiger partial charge in [-0.1, -0.05) is 0 Å². The lowest BCUT2D eigenvalue weighted by molar-refractivity contribution is 0.104. The number of allylic oxidation sites excluding steroid dienone is 1. The van der Waals surface area contributed by atoms with E-state index in [1.165, 1.54) is 17.4 Å². The smallest absolute Gasteiger partial charge is 0.214 e. The van der Waals surface area contributed by atoms with E-state index in [0.717, 1.165) is 5.69 Å². The van der Waals surface area contributed by atoms with Crippen molar-refractivity contribution in [1.82, 2.24) is 14.8 Å². The molecule has 0 aliphatic heterocycles. The third kappa shape index (κ3) is 2.94. The summed E-state index contributed by atoms with van der Waals surface area (Å²) in [4.78, 5) is 15.9. The van der Waals surface area contributed by atoms with Gasteiger partial charge in [0, 0.05) is 17.6 Å². The Balaban J connectivity index is 2.16. The first-order chi connectivity index (χ1) is 8.58. The molecule has 0 aliphatic rings. The fraction of sp³-hybridized carbons (Fsp3) is 0.250. The highest BCUT2D eigenvalue weighted by Gasteiger charge is 2.08. The summed E-state index contributed by atoms with van der Waals surface area (Å²) >= 11 is 4.55. The fourth-order valence-electron chi connectivity index (χ4n) is 1.49. The van der Waals surface area contributed by atoms with Crippen LogP contribution < -0.4 is 0 Å². The van der Waals surface area contributed by atoms with Crippen LogP contribution in [0.15, 0.2) is 28.3 Å². The molecule has 0 amide bonds. The van der Waals surface area contributed by atoms with E-state index in [2.05, 4.69) is 26.0 Å². The summed E-state index contributed by atoms with van der Waals surface area (Å²) < 4.78 is 2.55. The van der Waals surface area contributed by atoms with E-state index in [1.807, 2.05) is 24.6 Å². The molecule has 0 saturated carbocycles. The largest absolute Gasteiger partial charge is 0.287 e. The molecule has 0 radical (unpaired) electrons. The van der Waals surface area contributed by atoms with Gasteiger partial charge in [-0.15, -0.1) is 11.3 Å². The first-order valence-corrected chi connectivity index (χ1v) is 7.12. The van der Waals surface area contributed by atoms with Crippen LogP contribution >= 0.6 is 27.3 Å². The van der Waals surface area contributed by atoms with Crippen molar-refractivity contribution in [2.45, 2.75) is 19.9 Å². The molecule has 0 aliphatic carbocycles. The minimum Gasteiger partial charge on any atom is -0.287 e. The van der Waals surface area contributed by atoms with Gasteiger partial charge in [-0.25, -0.2) is 4.98 Å². The lowest BCUT2D eigenvalue weighted by atomic mass is 10.3. The third-order valence-corrected chi connectivity index (χ3v) is 3.85. The van der Waals surface area contributed by atoms with Gasteiger partial charge >= 0.3 is 0 Å². The van der Waals surface area contributed by atoms with Crippen LogP contribution in [0, 0.1) is 0 Å². The van der Waals surface area contributed by atoms with Crippen molar-refractivity contribution in [2.24, 2.45) is 0 Å². The second-order valence-corrected chi connectivity index (χ2v) is 5.64. The zero-order valence-corrected chi connectivity index (χ0v) is 12.4. The molecule has 2 rings (SSSR count). The molecule has 0 aromatic carbocycles. The average molecular weight is 326 g/mol. The van der Waals surface area contributed by atoms with Crippen molar-refractivity contribution >= 4 is 39.1 Å². The summed E-state index contributed by atoms with van der Waals surface area (Å²) in [6, 6.07) is 2.14. The Morgan fingerprint density at radius 1 is 1.56 bits per heavy atom. The van der Waals surface area contributed by atoms with E-state index in [4.69, 9.17) is 0 Å². The Morgan fingerprint density at radius 2 is 2.33 bits per heavy atom. The Hall–Kier alpha value is -1.27. The number of carbonyl (C=O) groups is 1. The van der Waals surface area contributed by atoms with E-state index < -0.39 is 0 Å². The van der Waals surface area contributed by atoms with Gasteiger partial charge in [-0.05, 0) is 48.0 Å². The molecule has 2 aromatic heterocycles. The number of ketones is 1. The number of rotatable bonds is 4. The predicted molar refractivity (Wildman–Crippen MR) is 75.8 cm³/mol. The average Bonchev–Trinajstić information content (AvgIpc) is 2.94. The van der Waals surface area contributed by atoms with Crippen LogP contribution in [0.1, 0.15) is 35.4 Å². The summed E-state index contributed by atoms with van der Waals surface area (Å²) in [6.45, 7) is 4.09. The Kier molecular flexibility index (Phi) is 4.08. The first-order valence-electron chi connectivity index (χ1n) is 5.45. The van der Waals surface area contributed by atoms with Gasteiger partial charge in [0.2, 0.25) is 5.78 Å². The highest BCUT2D eigenvalue weighted by atomic mass is 79.9. The SMILES string of the molecule is CC(C)n1nccc1C=CC(=O)c1nc(Br)cs1. The normalized spacial score (nSPS) is 11.6. The second kappa shape index (κ2) is 5.58. The zero-order chi connectivity index (χ0) is 13.1. The molecule has 0 fully saturated rings. The second-order valence-electron chi connectivity index (χ2n) is 3.97. The molecule has 2 aromatic rings. The minimum atomic E-state index is -0.0952. The molecular weight excluding hydrogens is 314 g/mol. The van der Waals surface area contributed by atoms with E-state index in [-0.39, 0.29) is 11.8 Å². The molecule has 0 unspecified atom stereocenters. The summed E-state index contributed by atoms with van der Waals surface area (Å²) in [7, 11) is 0. The van der Waals surface area contributed by atoms with Crippen molar-refractivity contribution in [1.29, 1.82) is 0 Å². The van der Waals surface area contributed by atoms with Gasteiger partial charge in [0.15, 0.2) is 5.01 Å². The first kappa shape index (κ1) is 13.2. The lowest BCUT2D eigenvalue weighted by Gasteiger charge is -2.07. The molecule has 2 heterocycles. The van der Waals surface area contributed by atoms with Gasteiger partial charge in [0.25, 0.3) is 0 Å². The van der Waals surface area contributed by atoms with Crippen LogP contribution in [0.2, 0.25) is 0 Å². The van der Waals surface area contributed by atoms with Crippen LogP contribution in [0.5, 0.6) is 0 Å². The molecule has 94 valence electrons. The molecule has 0 bridgehead atoms. The molecule has 0 atom stereocenters. The summed E-state index contributed by atoms with van der Waals surface area (Å²) in [5.41, 5.74) is 0.911. The van der Waals surface area contributed by atoms with Gasteiger partial charge < -0.3 is 0 Å². The van der Waals surface area contributed by atoms with Crippen LogP contribution in [-0.2, 0) is 0 Å². The van der Waals surface area contributed by atoms with E-state index in [9.17, 15) is 4.79 Å². The Bertz CT molecular complexity index is 586. The van der Waals surface area contributed by atoms with Gasteiger partial charge in [0.05, 0.1) is 5.69 Å². The number of hydrogen-bond acceptors (Lipinski definition) is 4. The Labute approximate surface area is 117 Å². The number of hydrogen-bond donors (Lipinski definition) is 0. The van der Waals surface area contributed by atoms with Crippen molar-refractivity contribution in [3.05, 3.63) is 39.0 Å². The van der Waals surface area contributed by atoms with Gasteiger partial charge in [-0.2, -0.15) is 5.10 Å². The quantitative estimate of drug-likeness (QED) is 0.637. The summed E-state index contributed by atoms with van der Waals surface area (Å²) in [5.74, 6) is -0.0952. The fourth-order valence-corrected chi connectivity index (χ4v) is 2.66. The highest BCUT2D eigenvalue weighted by Crippen LogP contribution is 2.16. The monoisotopic (exact) mass is 325 g/mol. The molecular formula is C12H12BrN3OS. The number of halogens is 1. The van der Waals surface area contributed by atoms with Crippen LogP contribution in [0.25, 0.3) is 6.08 Å². The topological polar surface area (TPSA) is 47.8 Å². The van der Waals surface area contributed by atoms with Crippen LogP contribution in [-0.4, -0.2) is 20.5 Å². The third-order valence-electron chi connectivity index (χ3n) is 2.28. The molecule has 6 heteroatoms. The Morgan fingerprint density at radius 3 is 2.94 bits per heavy atom. The molecule has 0 spiro atoms. The highest BCUT2D eigenvalue weighted by molar-refractivity contribution is 9.10. The number of nitrogens with zero attached hydrogens (tertiary/aromatic N) is 3. The van der Waals surface area contributed by atoms with Crippen molar-refractivity contribution in [2.75, 3.05) is 0 Å². The maximum atomic E-state index is 11.8. The van der Waals surface area contributed by atoms with E-state index >= 15 is 0 Å². The van der Waals surface area contributed by atoms with Gasteiger partial charge in [0.1, 0.15) is 4.60 Å². The standard InChI is InChI=1S/C12H12BrN3OS/c1-8(2)16-9(5-6-14-16)3-4-10(17)12-15-11(13)7-18-12/h3-8H,1-2H3. The van der Waals surface area contributed by atoms with Crippen molar-refractivity contribution in [3.63, 3.8) is 0 Å². The number of carbonyl (C=O) groups excluding carboxylic acids is 1. The number of thiazole rings is 1. The molecule has 0 N–H and O–H groups in total. The summed E-state index contributed by atoms with van der Waals surface area (Å²) in [5, 5.41) is 6.48. The molecule has 18 heavy (non-hydrogen) atoms. The molecule has 4 nitrogen and oxygen atoms in total. The van der Waals surface area contributed by atoms with Crippen molar-refractivity contribution < 1.29 is 4.79 Å². The van der Waals surface area contributed by atoms with Crippen LogP contribution in [0.4, 0.5) is 0 Å². The predicted octanol–water partition coefficient (Wildman–Crippen LogP) is 3.58. The maximum absolute atomic E-state index is 11.8. The van der Waals surface area contributed by atoms with E-state index in [1.54, 1.807) is 17.7 Å².